The number of rotatable bonds is 62. The molecule has 0 saturated carbocycles. The lowest BCUT2D eigenvalue weighted by atomic mass is 10.0. The fourth-order valence-corrected chi connectivity index (χ4v) is 8.89. The molecule has 0 rings (SSSR count). The Morgan fingerprint density at radius 3 is 0.933 bits per heavy atom. The first-order chi connectivity index (χ1) is 43.6. The normalized spacial score (nSPS) is 13.9. The van der Waals surface area contributed by atoms with E-state index in [4.69, 9.17) is 18.9 Å². The summed E-state index contributed by atoms with van der Waals surface area (Å²) in [5.74, 6) is -2.38. The maximum atomic E-state index is 12.9. The van der Waals surface area contributed by atoms with Gasteiger partial charge in [0.1, 0.15) is 13.2 Å². The SMILES string of the molecule is CC/C=C\C/C=C\C/C=C\C/C=C\C/C=C\C/C=C\C/C=C\C/C=C\C/C=C\CCCC(=O)OC(COC(=O)CCCCCCCCCCCCCCCCCC/C=C\C/C=C\C/C=C\C/C=C\C/C=C\C/C=C\CC)COC(OCC[N+](C)(C)C)C(=O)[O-]. The molecule has 0 aromatic carbocycles. The van der Waals surface area contributed by atoms with Crippen LogP contribution in [-0.2, 0) is 33.3 Å². The second kappa shape index (κ2) is 68.3. The minimum atomic E-state index is -1.65. The van der Waals surface area contributed by atoms with Crippen molar-refractivity contribution < 1.29 is 42.9 Å². The van der Waals surface area contributed by atoms with Crippen LogP contribution in [0.1, 0.15) is 245 Å². The summed E-state index contributed by atoms with van der Waals surface area (Å²) in [5.41, 5.74) is 0. The summed E-state index contributed by atoms with van der Waals surface area (Å²) in [6.45, 7) is 4.44. The lowest BCUT2D eigenvalue weighted by Gasteiger charge is -2.26. The van der Waals surface area contributed by atoms with E-state index in [-0.39, 0.29) is 38.6 Å². The molecule has 0 spiro atoms. The van der Waals surface area contributed by atoms with Crippen molar-refractivity contribution in [3.8, 4) is 0 Å². The first kappa shape index (κ1) is 83.4. The number of carboxylic acids is 1. The fourth-order valence-electron chi connectivity index (χ4n) is 8.89. The maximum Gasteiger partial charge on any atom is 0.306 e. The number of carbonyl (C=O) groups excluding carboxylic acids is 3. The molecule has 0 bridgehead atoms. The molecule has 0 aromatic rings. The number of quaternary nitrogens is 1. The summed E-state index contributed by atoms with van der Waals surface area (Å²) < 4.78 is 22.7. The van der Waals surface area contributed by atoms with Gasteiger partial charge in [0.2, 0.25) is 0 Å². The number of nitrogens with zero attached hydrogens (tertiary/aromatic N) is 1. The maximum absolute atomic E-state index is 12.9. The van der Waals surface area contributed by atoms with Crippen LogP contribution >= 0.6 is 0 Å². The van der Waals surface area contributed by atoms with Crippen LogP contribution in [0, 0.1) is 0 Å². The molecule has 9 nitrogen and oxygen atoms in total. The molecule has 2 atom stereocenters. The Labute approximate surface area is 545 Å². The average Bonchev–Trinajstić information content (AvgIpc) is 3.71. The predicted octanol–water partition coefficient (Wildman–Crippen LogP) is 20.7. The van der Waals surface area contributed by atoms with Crippen molar-refractivity contribution in [2.24, 2.45) is 0 Å². The van der Waals surface area contributed by atoms with E-state index in [2.05, 4.69) is 196 Å². The molecule has 0 N–H and O–H groups in total. The molecule has 0 radical (unpaired) electrons. The van der Waals surface area contributed by atoms with Crippen LogP contribution in [-0.4, -0.2) is 82.3 Å². The Balaban J connectivity index is 4.24. The third kappa shape index (κ3) is 69.7. The quantitative estimate of drug-likeness (QED) is 0.0195. The Morgan fingerprint density at radius 1 is 0.337 bits per heavy atom. The van der Waals surface area contributed by atoms with E-state index in [1.165, 1.54) is 89.9 Å². The molecule has 0 fully saturated rings. The molecule has 0 aliphatic rings. The van der Waals surface area contributed by atoms with Gasteiger partial charge >= 0.3 is 11.9 Å². The fraction of sp³-hybridized carbons (Fsp3) is 0.588. The molecular formula is C80H127NO8. The number of hydrogen-bond acceptors (Lipinski definition) is 8. The summed E-state index contributed by atoms with van der Waals surface area (Å²) in [5, 5.41) is 11.8. The van der Waals surface area contributed by atoms with E-state index in [9.17, 15) is 19.5 Å². The van der Waals surface area contributed by atoms with Crippen molar-refractivity contribution >= 4 is 17.9 Å². The predicted molar refractivity (Wildman–Crippen MR) is 379 cm³/mol. The molecule has 0 aromatic heterocycles. The first-order valence-corrected chi connectivity index (χ1v) is 34.9. The summed E-state index contributed by atoms with van der Waals surface area (Å²) in [4.78, 5) is 37.5. The lowest BCUT2D eigenvalue weighted by Crippen LogP contribution is -2.44. The molecule has 9 heteroatoms. The molecule has 500 valence electrons. The van der Waals surface area contributed by atoms with E-state index < -0.39 is 24.3 Å². The van der Waals surface area contributed by atoms with Gasteiger partial charge < -0.3 is 33.3 Å². The van der Waals surface area contributed by atoms with Crippen molar-refractivity contribution in [1.82, 2.24) is 0 Å². The summed E-state index contributed by atoms with van der Waals surface area (Å²) >= 11 is 0. The number of esters is 2. The molecule has 89 heavy (non-hydrogen) atoms. The van der Waals surface area contributed by atoms with Gasteiger partial charge in [0, 0.05) is 12.8 Å². The zero-order chi connectivity index (χ0) is 64.7. The number of carbonyl (C=O) groups is 3. The number of allylic oxidation sites excluding steroid dienone is 30. The third-order valence-electron chi connectivity index (χ3n) is 14.1. The van der Waals surface area contributed by atoms with Crippen LogP contribution in [0.15, 0.2) is 182 Å². The number of carboxylic acid groups (broad SMARTS) is 1. The summed E-state index contributed by atoms with van der Waals surface area (Å²) in [6, 6.07) is 0. The summed E-state index contributed by atoms with van der Waals surface area (Å²) in [6.07, 6.45) is 101. The Morgan fingerprint density at radius 2 is 0.618 bits per heavy atom. The average molecular weight is 1230 g/mol. The minimum Gasteiger partial charge on any atom is -0.545 e. The Bertz CT molecular complexity index is 2120. The molecule has 0 heterocycles. The van der Waals surface area contributed by atoms with Crippen LogP contribution in [0.3, 0.4) is 0 Å². The van der Waals surface area contributed by atoms with Gasteiger partial charge in [-0.25, -0.2) is 0 Å². The Hall–Kier alpha value is -5.61. The van der Waals surface area contributed by atoms with Crippen molar-refractivity contribution in [2.45, 2.75) is 257 Å². The van der Waals surface area contributed by atoms with Crippen LogP contribution in [0.25, 0.3) is 0 Å². The molecule has 2 unspecified atom stereocenters. The molecule has 0 aliphatic heterocycles. The number of likely N-dealkylation sites (N-methyl/N-ethyl adjacent to an activating group) is 1. The standard InChI is InChI=1S/C80H127NO8/c1-6-8-10-12-14-16-18-20-22-24-26-28-30-32-34-36-37-38-39-40-41-43-44-46-48-50-52-54-56-58-60-62-64-66-68-70-77(82)87-74-76(75-88-80(79(84)85)86-73-72-81(3,4)5)89-78(83)71-69-67-65-63-61-59-57-55-53-51-49-47-45-42-35-33-31-29-27-25-23-21-19-17-15-13-11-9-7-2/h8-11,14-17,20-23,26-29,32-35,37-38,45,47,51,53,57,59,63,65,76,80H,6-7,12-13,18-19,24-25,30-31,36,39-44,46,48-50,52,54-56,58,60-62,64,66-75H2,1-5H3/b10-8-,11-9-,16-14-,17-15-,22-20-,23-21-,28-26-,29-27-,34-32-,35-33-,38-37-,47-45-,53-51-,59-57-,65-63-. The minimum absolute atomic E-state index is 0.127. The second-order valence-corrected chi connectivity index (χ2v) is 23.7. The highest BCUT2D eigenvalue weighted by Gasteiger charge is 2.22. The van der Waals surface area contributed by atoms with Gasteiger partial charge in [0.15, 0.2) is 12.4 Å². The highest BCUT2D eigenvalue weighted by molar-refractivity contribution is 5.70. The van der Waals surface area contributed by atoms with Crippen molar-refractivity contribution in [1.29, 1.82) is 0 Å². The number of aliphatic carboxylic acids is 1. The van der Waals surface area contributed by atoms with E-state index in [1.807, 2.05) is 21.1 Å². The zero-order valence-corrected chi connectivity index (χ0v) is 57.0. The van der Waals surface area contributed by atoms with Gasteiger partial charge in [-0.1, -0.05) is 286 Å². The zero-order valence-electron chi connectivity index (χ0n) is 57.0. The van der Waals surface area contributed by atoms with Crippen molar-refractivity contribution in [3.63, 3.8) is 0 Å². The van der Waals surface area contributed by atoms with E-state index in [0.29, 0.717) is 23.9 Å². The Kier molecular flexibility index (Phi) is 64.0. The lowest BCUT2D eigenvalue weighted by molar-refractivity contribution is -0.870. The van der Waals surface area contributed by atoms with E-state index in [1.54, 1.807) is 0 Å². The van der Waals surface area contributed by atoms with Gasteiger partial charge in [-0.15, -0.1) is 0 Å². The molecule has 0 aliphatic carbocycles. The van der Waals surface area contributed by atoms with Crippen molar-refractivity contribution in [3.05, 3.63) is 182 Å². The van der Waals surface area contributed by atoms with Gasteiger partial charge in [0.05, 0.1) is 40.3 Å². The van der Waals surface area contributed by atoms with Crippen LogP contribution in [0.5, 0.6) is 0 Å². The molecular weight excluding hydrogens is 1100 g/mol. The van der Waals surface area contributed by atoms with Crippen molar-refractivity contribution in [2.75, 3.05) is 47.5 Å². The third-order valence-corrected chi connectivity index (χ3v) is 14.1. The van der Waals surface area contributed by atoms with Gasteiger partial charge in [-0.05, 0) is 128 Å². The monoisotopic (exact) mass is 1230 g/mol. The second-order valence-electron chi connectivity index (χ2n) is 23.7. The number of ether oxygens (including phenoxy) is 4. The van der Waals surface area contributed by atoms with Gasteiger partial charge in [-0.3, -0.25) is 9.59 Å². The van der Waals surface area contributed by atoms with Crippen LogP contribution in [0.4, 0.5) is 0 Å². The molecule has 0 amide bonds. The first-order valence-electron chi connectivity index (χ1n) is 34.9. The van der Waals surface area contributed by atoms with Gasteiger partial charge in [-0.2, -0.15) is 0 Å². The molecule has 0 saturated heterocycles. The van der Waals surface area contributed by atoms with Gasteiger partial charge in [0.25, 0.3) is 0 Å². The largest absolute Gasteiger partial charge is 0.545 e. The topological polar surface area (TPSA) is 111 Å². The van der Waals surface area contributed by atoms with E-state index in [0.717, 1.165) is 116 Å². The smallest absolute Gasteiger partial charge is 0.306 e. The van der Waals surface area contributed by atoms with Crippen LogP contribution in [0.2, 0.25) is 0 Å². The summed E-state index contributed by atoms with van der Waals surface area (Å²) in [7, 11) is 5.90. The number of hydrogen-bond donors (Lipinski definition) is 0. The van der Waals surface area contributed by atoms with E-state index >= 15 is 0 Å². The highest BCUT2D eigenvalue weighted by atomic mass is 16.7. The number of unbranched alkanes of at least 4 members (excludes halogenated alkanes) is 17. The highest BCUT2D eigenvalue weighted by Crippen LogP contribution is 2.16. The van der Waals surface area contributed by atoms with Crippen LogP contribution < -0.4 is 5.11 Å².